The molecule has 0 spiro atoms. The smallest absolute Gasteiger partial charge is 0.330 e. The molecule has 0 amide bonds. The van der Waals surface area contributed by atoms with E-state index in [1.165, 1.54) is 13.2 Å². The van der Waals surface area contributed by atoms with Gasteiger partial charge >= 0.3 is 11.9 Å². The molecule has 1 fully saturated rings. The fourth-order valence-electron chi connectivity index (χ4n) is 2.62. The summed E-state index contributed by atoms with van der Waals surface area (Å²) < 4.78 is 9.85. The molecule has 126 valence electrons. The Morgan fingerprint density at radius 2 is 1.82 bits per heavy atom. The van der Waals surface area contributed by atoms with Crippen LogP contribution < -0.4 is 5.32 Å². The quantitative estimate of drug-likeness (QED) is 0.603. The van der Waals surface area contributed by atoms with Crippen molar-refractivity contribution in [2.45, 2.75) is 52.1 Å². The van der Waals surface area contributed by atoms with Gasteiger partial charge in [0.15, 0.2) is 0 Å². The van der Waals surface area contributed by atoms with E-state index in [2.05, 4.69) is 10.1 Å². The maximum Gasteiger partial charge on any atom is 0.330 e. The lowest BCUT2D eigenvalue weighted by Crippen LogP contribution is -2.34. The summed E-state index contributed by atoms with van der Waals surface area (Å²) in [5.41, 5.74) is -0.428. The highest BCUT2D eigenvalue weighted by atomic mass is 16.6. The highest BCUT2D eigenvalue weighted by molar-refractivity contribution is 5.81. The van der Waals surface area contributed by atoms with E-state index in [1.807, 2.05) is 26.8 Å². The van der Waals surface area contributed by atoms with Crippen molar-refractivity contribution in [1.29, 1.82) is 0 Å². The predicted octanol–water partition coefficient (Wildman–Crippen LogP) is 2.45. The monoisotopic (exact) mass is 311 g/mol. The molecular weight excluding hydrogens is 282 g/mol. The molecule has 0 bridgehead atoms. The number of nitrogens with one attached hydrogen (secondary N) is 1. The minimum absolute atomic E-state index is 0.206. The van der Waals surface area contributed by atoms with Gasteiger partial charge in [-0.25, -0.2) is 4.79 Å². The van der Waals surface area contributed by atoms with E-state index in [4.69, 9.17) is 4.74 Å². The third kappa shape index (κ3) is 8.17. The molecular formula is C17H29NO4. The highest BCUT2D eigenvalue weighted by Crippen LogP contribution is 2.29. The summed E-state index contributed by atoms with van der Waals surface area (Å²) >= 11 is 0. The molecule has 0 saturated heterocycles. The van der Waals surface area contributed by atoms with Crippen molar-refractivity contribution < 1.29 is 19.1 Å². The molecule has 0 atom stereocenters. The van der Waals surface area contributed by atoms with Crippen molar-refractivity contribution in [2.75, 3.05) is 20.2 Å². The number of methoxy groups -OCH3 is 1. The van der Waals surface area contributed by atoms with E-state index in [0.29, 0.717) is 11.8 Å². The minimum atomic E-state index is -0.428. The summed E-state index contributed by atoms with van der Waals surface area (Å²) in [6.07, 6.45) is 7.84. The molecule has 0 heterocycles. The molecule has 0 aromatic rings. The Morgan fingerprint density at radius 3 is 2.36 bits per heavy atom. The summed E-state index contributed by atoms with van der Waals surface area (Å²) in [6.45, 7) is 6.71. The third-order valence-electron chi connectivity index (χ3n) is 3.72. The number of carbonyl (C=O) groups excluding carboxylic acids is 2. The zero-order valence-corrected chi connectivity index (χ0v) is 14.2. The van der Waals surface area contributed by atoms with Gasteiger partial charge in [-0.2, -0.15) is 0 Å². The maximum atomic E-state index is 11.6. The van der Waals surface area contributed by atoms with E-state index in [-0.39, 0.29) is 18.5 Å². The zero-order chi connectivity index (χ0) is 16.6. The number of ether oxygens (including phenoxy) is 2. The summed E-state index contributed by atoms with van der Waals surface area (Å²) in [5.74, 6) is 0.551. The van der Waals surface area contributed by atoms with Gasteiger partial charge in [0.25, 0.3) is 0 Å². The molecule has 22 heavy (non-hydrogen) atoms. The number of hydrogen-bond acceptors (Lipinski definition) is 5. The maximum absolute atomic E-state index is 11.6. The van der Waals surface area contributed by atoms with Crippen molar-refractivity contribution in [2.24, 2.45) is 11.8 Å². The van der Waals surface area contributed by atoms with Gasteiger partial charge in [0, 0.05) is 6.08 Å². The van der Waals surface area contributed by atoms with Crippen LogP contribution in [0.25, 0.3) is 0 Å². The summed E-state index contributed by atoms with van der Waals surface area (Å²) in [4.78, 5) is 22.7. The van der Waals surface area contributed by atoms with Crippen LogP contribution in [0.4, 0.5) is 0 Å². The van der Waals surface area contributed by atoms with Crippen LogP contribution in [0.5, 0.6) is 0 Å². The molecule has 1 saturated carbocycles. The van der Waals surface area contributed by atoms with Gasteiger partial charge in [0.05, 0.1) is 13.7 Å². The average molecular weight is 311 g/mol. The third-order valence-corrected chi connectivity index (χ3v) is 3.72. The van der Waals surface area contributed by atoms with E-state index >= 15 is 0 Å². The lowest BCUT2D eigenvalue weighted by molar-refractivity contribution is -0.153. The molecule has 1 aliphatic rings. The van der Waals surface area contributed by atoms with E-state index in [0.717, 1.165) is 32.2 Å². The first-order chi connectivity index (χ1) is 10.3. The second kappa shape index (κ2) is 8.93. The lowest BCUT2D eigenvalue weighted by Gasteiger charge is -2.27. The topological polar surface area (TPSA) is 64.6 Å². The number of hydrogen-bond donors (Lipinski definition) is 1. The Kier molecular flexibility index (Phi) is 7.59. The van der Waals surface area contributed by atoms with Crippen molar-refractivity contribution in [3.8, 4) is 0 Å². The van der Waals surface area contributed by atoms with Crippen LogP contribution >= 0.6 is 0 Å². The van der Waals surface area contributed by atoms with E-state index in [1.54, 1.807) is 0 Å². The molecule has 0 aliphatic heterocycles. The summed E-state index contributed by atoms with van der Waals surface area (Å²) in [6, 6.07) is 0. The standard InChI is InChI=1S/C17H29NO4/c1-17(2,3)22-16(20)12-18-11-14-7-5-13(6-8-14)9-10-15(19)21-4/h9-10,13-14,18H,5-8,11-12H2,1-4H3. The molecule has 0 aromatic carbocycles. The number of rotatable bonds is 6. The normalized spacial score (nSPS) is 22.5. The van der Waals surface area contributed by atoms with Gasteiger partial charge in [-0.1, -0.05) is 6.08 Å². The van der Waals surface area contributed by atoms with Crippen molar-refractivity contribution in [3.05, 3.63) is 12.2 Å². The Balaban J connectivity index is 2.17. The Hall–Kier alpha value is -1.36. The molecule has 5 nitrogen and oxygen atoms in total. The number of allylic oxidation sites excluding steroid dienone is 1. The first-order valence-electron chi connectivity index (χ1n) is 7.99. The van der Waals surface area contributed by atoms with Gasteiger partial charge < -0.3 is 14.8 Å². The van der Waals surface area contributed by atoms with E-state index < -0.39 is 5.60 Å². The minimum Gasteiger partial charge on any atom is -0.466 e. The molecule has 1 aliphatic carbocycles. The second-order valence-electron chi connectivity index (χ2n) is 6.88. The van der Waals surface area contributed by atoms with Crippen LogP contribution in [0, 0.1) is 11.8 Å². The fourth-order valence-corrected chi connectivity index (χ4v) is 2.62. The van der Waals surface area contributed by atoms with Gasteiger partial charge in [-0.3, -0.25) is 4.79 Å². The highest BCUT2D eigenvalue weighted by Gasteiger charge is 2.20. The molecule has 0 aromatic heterocycles. The van der Waals surface area contributed by atoms with Crippen molar-refractivity contribution >= 4 is 11.9 Å². The van der Waals surface area contributed by atoms with Gasteiger partial charge in [-0.05, 0) is 64.8 Å². The van der Waals surface area contributed by atoms with Gasteiger partial charge in [0.1, 0.15) is 5.60 Å². The predicted molar refractivity (Wildman–Crippen MR) is 85.3 cm³/mol. The van der Waals surface area contributed by atoms with Crippen LogP contribution in [0.1, 0.15) is 46.5 Å². The summed E-state index contributed by atoms with van der Waals surface area (Å²) in [5, 5.41) is 3.18. The number of carbonyl (C=O) groups is 2. The van der Waals surface area contributed by atoms with E-state index in [9.17, 15) is 9.59 Å². The van der Waals surface area contributed by atoms with Crippen LogP contribution in [0.15, 0.2) is 12.2 Å². The van der Waals surface area contributed by atoms with Crippen LogP contribution in [-0.4, -0.2) is 37.7 Å². The van der Waals surface area contributed by atoms with Gasteiger partial charge in [-0.15, -0.1) is 0 Å². The summed E-state index contributed by atoms with van der Waals surface area (Å²) in [7, 11) is 1.39. The first kappa shape index (κ1) is 18.7. The second-order valence-corrected chi connectivity index (χ2v) is 6.88. The zero-order valence-electron chi connectivity index (χ0n) is 14.2. The lowest BCUT2D eigenvalue weighted by atomic mass is 9.82. The molecule has 5 heteroatoms. The van der Waals surface area contributed by atoms with Crippen LogP contribution in [-0.2, 0) is 19.1 Å². The largest absolute Gasteiger partial charge is 0.466 e. The first-order valence-corrected chi connectivity index (χ1v) is 7.99. The van der Waals surface area contributed by atoms with Crippen LogP contribution in [0.2, 0.25) is 0 Å². The Bertz CT molecular complexity index is 390. The van der Waals surface area contributed by atoms with Crippen molar-refractivity contribution in [3.63, 3.8) is 0 Å². The molecule has 1 N–H and O–H groups in total. The fraction of sp³-hybridized carbons (Fsp3) is 0.765. The SMILES string of the molecule is COC(=O)C=CC1CCC(CNCC(=O)OC(C)(C)C)CC1. The Morgan fingerprint density at radius 1 is 1.18 bits per heavy atom. The van der Waals surface area contributed by atoms with Gasteiger partial charge in [0.2, 0.25) is 0 Å². The molecule has 1 rings (SSSR count). The Labute approximate surface area is 133 Å². The average Bonchev–Trinajstić information content (AvgIpc) is 2.44. The molecule has 0 radical (unpaired) electrons. The van der Waals surface area contributed by atoms with Crippen molar-refractivity contribution in [1.82, 2.24) is 5.32 Å². The number of esters is 2. The molecule has 0 unspecified atom stereocenters. The van der Waals surface area contributed by atoms with Crippen LogP contribution in [0.3, 0.4) is 0 Å².